The van der Waals surface area contributed by atoms with E-state index >= 15 is 0 Å². The van der Waals surface area contributed by atoms with Crippen molar-refractivity contribution in [1.29, 1.82) is 0 Å². The number of nitrogens with zero attached hydrogens (tertiary/aromatic N) is 2. The van der Waals surface area contributed by atoms with Crippen molar-refractivity contribution in [3.63, 3.8) is 0 Å². The zero-order valence-corrected chi connectivity index (χ0v) is 16.8. The molecule has 1 aromatic carbocycles. The standard InChI is InChI=1S/C21H21N3O4S/c1-2-28-21(27)17-18(14-6-3-4-7-15(14)22-19(17)25)23-9-11-24(12-10-23)20(26)16-8-5-13-29-16/h3-8,13H,2,9-12H2,1H3,(H,22,25). The number of nitrogens with one attached hydrogen (secondary N) is 1. The van der Waals surface area contributed by atoms with Gasteiger partial charge in [0.25, 0.3) is 11.5 Å². The molecule has 1 N–H and O–H groups in total. The highest BCUT2D eigenvalue weighted by Gasteiger charge is 2.29. The van der Waals surface area contributed by atoms with Crippen LogP contribution in [0.1, 0.15) is 27.0 Å². The van der Waals surface area contributed by atoms with E-state index in [0.29, 0.717) is 42.3 Å². The SMILES string of the molecule is CCOC(=O)c1c(N2CCN(C(=O)c3cccs3)CC2)c2ccccc2[nH]c1=O. The van der Waals surface area contributed by atoms with Crippen LogP contribution in [0.15, 0.2) is 46.6 Å². The number of hydrogen-bond donors (Lipinski definition) is 1. The third kappa shape index (κ3) is 3.63. The van der Waals surface area contributed by atoms with E-state index in [1.54, 1.807) is 6.92 Å². The van der Waals surface area contributed by atoms with Gasteiger partial charge in [-0.1, -0.05) is 24.3 Å². The number of para-hydroxylation sites is 1. The second-order valence-electron chi connectivity index (χ2n) is 6.70. The Hall–Kier alpha value is -3.13. The van der Waals surface area contributed by atoms with Crippen molar-refractivity contribution < 1.29 is 14.3 Å². The van der Waals surface area contributed by atoms with Crippen LogP contribution in [0.2, 0.25) is 0 Å². The summed E-state index contributed by atoms with van der Waals surface area (Å²) < 4.78 is 5.15. The van der Waals surface area contributed by atoms with Crippen molar-refractivity contribution in [3.8, 4) is 0 Å². The maximum atomic E-state index is 12.7. The minimum atomic E-state index is -0.633. The molecule has 0 saturated carbocycles. The number of carbonyl (C=O) groups is 2. The summed E-state index contributed by atoms with van der Waals surface area (Å²) in [6, 6.07) is 11.1. The number of aromatic nitrogens is 1. The average molecular weight is 411 g/mol. The summed E-state index contributed by atoms with van der Waals surface area (Å²) in [5.41, 5.74) is 0.793. The first-order valence-electron chi connectivity index (χ1n) is 9.50. The zero-order valence-electron chi connectivity index (χ0n) is 16.0. The molecule has 2 aromatic heterocycles. The van der Waals surface area contributed by atoms with Gasteiger partial charge in [0.2, 0.25) is 0 Å². The lowest BCUT2D eigenvalue weighted by Gasteiger charge is -2.37. The number of ether oxygens (including phenoxy) is 1. The number of anilines is 1. The number of H-pyrrole nitrogens is 1. The quantitative estimate of drug-likeness (QED) is 0.668. The van der Waals surface area contributed by atoms with E-state index in [2.05, 4.69) is 4.98 Å². The lowest BCUT2D eigenvalue weighted by molar-refractivity contribution is 0.0524. The molecule has 0 unspecified atom stereocenters. The van der Waals surface area contributed by atoms with Crippen molar-refractivity contribution in [2.75, 3.05) is 37.7 Å². The van der Waals surface area contributed by atoms with Gasteiger partial charge in [-0.05, 0) is 24.4 Å². The molecule has 1 aliphatic rings. The van der Waals surface area contributed by atoms with E-state index in [1.807, 2.05) is 51.6 Å². The van der Waals surface area contributed by atoms with Gasteiger partial charge in [-0.15, -0.1) is 11.3 Å². The van der Waals surface area contributed by atoms with Gasteiger partial charge in [0.15, 0.2) is 0 Å². The zero-order chi connectivity index (χ0) is 20.4. The third-order valence-electron chi connectivity index (χ3n) is 4.99. The molecule has 1 amide bonds. The molecule has 0 atom stereocenters. The van der Waals surface area contributed by atoms with Gasteiger partial charge < -0.3 is 19.5 Å². The molecule has 150 valence electrons. The molecule has 1 aliphatic heterocycles. The summed E-state index contributed by atoms with van der Waals surface area (Å²) in [6.07, 6.45) is 0. The van der Waals surface area contributed by atoms with Gasteiger partial charge in [0, 0.05) is 31.6 Å². The molecule has 0 aliphatic carbocycles. The van der Waals surface area contributed by atoms with Crippen LogP contribution < -0.4 is 10.5 Å². The predicted molar refractivity (Wildman–Crippen MR) is 113 cm³/mol. The van der Waals surface area contributed by atoms with Gasteiger partial charge in [-0.2, -0.15) is 0 Å². The number of fused-ring (bicyclic) bond motifs is 1. The Morgan fingerprint density at radius 1 is 1.10 bits per heavy atom. The summed E-state index contributed by atoms with van der Waals surface area (Å²) >= 11 is 1.43. The number of esters is 1. The number of thiophene rings is 1. The van der Waals surface area contributed by atoms with Crippen molar-refractivity contribution in [2.24, 2.45) is 0 Å². The molecular weight excluding hydrogens is 390 g/mol. The first-order valence-corrected chi connectivity index (χ1v) is 10.4. The van der Waals surface area contributed by atoms with E-state index in [1.165, 1.54) is 11.3 Å². The predicted octanol–water partition coefficient (Wildman–Crippen LogP) is 2.73. The molecule has 8 heteroatoms. The van der Waals surface area contributed by atoms with Crippen molar-refractivity contribution >= 4 is 39.8 Å². The fourth-order valence-electron chi connectivity index (χ4n) is 3.64. The fraction of sp³-hybridized carbons (Fsp3) is 0.286. The Morgan fingerprint density at radius 3 is 2.55 bits per heavy atom. The second kappa shape index (κ2) is 8.08. The Balaban J connectivity index is 1.68. The number of pyridine rings is 1. The van der Waals surface area contributed by atoms with Gasteiger partial charge in [0.05, 0.1) is 22.7 Å². The summed E-state index contributed by atoms with van der Waals surface area (Å²) in [6.45, 7) is 3.98. The number of aromatic amines is 1. The van der Waals surface area contributed by atoms with E-state index < -0.39 is 11.5 Å². The van der Waals surface area contributed by atoms with Crippen LogP contribution in [-0.4, -0.2) is 54.5 Å². The van der Waals surface area contributed by atoms with Crippen LogP contribution in [0, 0.1) is 0 Å². The minimum absolute atomic E-state index is 0.0148. The van der Waals surface area contributed by atoms with Gasteiger partial charge in [-0.25, -0.2) is 4.79 Å². The van der Waals surface area contributed by atoms with Crippen molar-refractivity contribution in [3.05, 3.63) is 62.6 Å². The molecule has 1 fully saturated rings. The molecule has 0 radical (unpaired) electrons. The Bertz CT molecular complexity index is 1100. The Morgan fingerprint density at radius 2 is 1.86 bits per heavy atom. The number of piperazine rings is 1. The lowest BCUT2D eigenvalue weighted by Crippen LogP contribution is -2.49. The third-order valence-corrected chi connectivity index (χ3v) is 5.85. The molecule has 7 nitrogen and oxygen atoms in total. The summed E-state index contributed by atoms with van der Waals surface area (Å²) in [4.78, 5) is 45.2. The van der Waals surface area contributed by atoms with E-state index in [9.17, 15) is 14.4 Å². The van der Waals surface area contributed by atoms with Gasteiger partial charge in [0.1, 0.15) is 5.56 Å². The number of amides is 1. The Labute approximate surface area is 171 Å². The normalized spacial score (nSPS) is 14.2. The summed E-state index contributed by atoms with van der Waals surface area (Å²) in [5, 5.41) is 2.67. The first kappa shape index (κ1) is 19.2. The monoisotopic (exact) mass is 411 g/mol. The minimum Gasteiger partial charge on any atom is -0.462 e. The van der Waals surface area contributed by atoms with Crippen molar-refractivity contribution in [1.82, 2.24) is 9.88 Å². The topological polar surface area (TPSA) is 82.7 Å². The highest BCUT2D eigenvalue weighted by atomic mass is 32.1. The first-order chi connectivity index (χ1) is 14.1. The number of hydrogen-bond acceptors (Lipinski definition) is 6. The van der Waals surface area contributed by atoms with Crippen LogP contribution in [0.25, 0.3) is 10.9 Å². The van der Waals surface area contributed by atoms with Crippen LogP contribution >= 0.6 is 11.3 Å². The highest BCUT2D eigenvalue weighted by molar-refractivity contribution is 7.12. The molecule has 0 bridgehead atoms. The molecule has 4 rings (SSSR count). The molecular formula is C21H21N3O4S. The van der Waals surface area contributed by atoms with E-state index in [4.69, 9.17) is 4.74 Å². The van der Waals surface area contributed by atoms with Crippen molar-refractivity contribution in [2.45, 2.75) is 6.92 Å². The molecule has 29 heavy (non-hydrogen) atoms. The van der Waals surface area contributed by atoms with Crippen LogP contribution in [0.5, 0.6) is 0 Å². The van der Waals surface area contributed by atoms with E-state index in [-0.39, 0.29) is 18.1 Å². The largest absolute Gasteiger partial charge is 0.462 e. The molecule has 0 spiro atoms. The summed E-state index contributed by atoms with van der Waals surface area (Å²) in [5.74, 6) is -0.618. The molecule has 3 aromatic rings. The smallest absolute Gasteiger partial charge is 0.345 e. The average Bonchev–Trinajstić information content (AvgIpc) is 3.27. The Kier molecular flexibility index (Phi) is 5.35. The highest BCUT2D eigenvalue weighted by Crippen LogP contribution is 2.29. The summed E-state index contributed by atoms with van der Waals surface area (Å²) in [7, 11) is 0. The maximum absolute atomic E-state index is 12.7. The van der Waals surface area contributed by atoms with Crippen LogP contribution in [0.4, 0.5) is 5.69 Å². The number of carbonyl (C=O) groups excluding carboxylic acids is 2. The second-order valence-corrected chi connectivity index (χ2v) is 7.65. The van der Waals surface area contributed by atoms with Crippen LogP contribution in [0.3, 0.4) is 0 Å². The fourth-order valence-corrected chi connectivity index (χ4v) is 4.33. The number of rotatable bonds is 4. The van der Waals surface area contributed by atoms with Gasteiger partial charge >= 0.3 is 5.97 Å². The van der Waals surface area contributed by atoms with Crippen LogP contribution in [-0.2, 0) is 4.74 Å². The van der Waals surface area contributed by atoms with Gasteiger partial charge in [-0.3, -0.25) is 9.59 Å². The number of benzene rings is 1. The van der Waals surface area contributed by atoms with E-state index in [0.717, 1.165) is 5.39 Å². The molecule has 1 saturated heterocycles. The molecule has 3 heterocycles. The lowest BCUT2D eigenvalue weighted by atomic mass is 10.1. The maximum Gasteiger partial charge on any atom is 0.345 e.